The Balaban J connectivity index is 2.10. The zero-order valence-electron chi connectivity index (χ0n) is 14.2. The summed E-state index contributed by atoms with van der Waals surface area (Å²) >= 11 is 0.582. The van der Waals surface area contributed by atoms with Gasteiger partial charge in [-0.15, -0.1) is 0 Å². The molecular weight excluding hydrogens is 361 g/mol. The third kappa shape index (κ3) is 3.07. The molecule has 1 aliphatic rings. The highest BCUT2D eigenvalue weighted by Crippen LogP contribution is 2.53. The Morgan fingerprint density at radius 1 is 1.08 bits per heavy atom. The summed E-state index contributed by atoms with van der Waals surface area (Å²) in [7, 11) is 0. The van der Waals surface area contributed by atoms with E-state index in [9.17, 15) is 18.0 Å². The molecule has 3 nitrogen and oxygen atoms in total. The number of carbonyl (C=O) groups is 1. The fourth-order valence-corrected chi connectivity index (χ4v) is 3.98. The van der Waals surface area contributed by atoms with Crippen molar-refractivity contribution in [1.29, 1.82) is 0 Å². The highest BCUT2D eigenvalue weighted by Gasteiger charge is 2.61. The number of amides is 2. The molecule has 7 heteroatoms. The van der Waals surface area contributed by atoms with Crippen molar-refractivity contribution in [2.45, 2.75) is 24.9 Å². The van der Waals surface area contributed by atoms with Gasteiger partial charge in [0, 0.05) is 0 Å². The molecule has 1 N–H and O–H groups in total. The Hall–Kier alpha value is -2.41. The number of rotatable bonds is 2. The Kier molecular flexibility index (Phi) is 4.75. The second-order valence-corrected chi connectivity index (χ2v) is 7.11. The average molecular weight is 378 g/mol. The molecule has 0 bridgehead atoms. The van der Waals surface area contributed by atoms with Gasteiger partial charge < -0.3 is 5.32 Å². The topological polar surface area (TPSA) is 32.3 Å². The lowest BCUT2D eigenvalue weighted by Gasteiger charge is -2.44. The van der Waals surface area contributed by atoms with Gasteiger partial charge in [0.05, 0.1) is 10.7 Å². The van der Waals surface area contributed by atoms with Crippen LogP contribution >= 0.6 is 11.8 Å². The van der Waals surface area contributed by atoms with Crippen LogP contribution < -0.4 is 10.2 Å². The van der Waals surface area contributed by atoms with E-state index in [2.05, 4.69) is 5.32 Å². The van der Waals surface area contributed by atoms with Crippen molar-refractivity contribution >= 4 is 23.5 Å². The number of nitrogens with one attached hydrogen (secondary N) is 1. The maximum atomic E-state index is 14.1. The van der Waals surface area contributed by atoms with Gasteiger partial charge in [0.2, 0.25) is 4.87 Å². The molecule has 2 amide bonds. The average Bonchev–Trinajstić information content (AvgIpc) is 2.61. The lowest BCUT2D eigenvalue weighted by atomic mass is 10.0. The fourth-order valence-electron chi connectivity index (χ4n) is 2.76. The van der Waals surface area contributed by atoms with Gasteiger partial charge in [-0.3, -0.25) is 4.90 Å². The van der Waals surface area contributed by atoms with Crippen LogP contribution in [0.1, 0.15) is 18.1 Å². The van der Waals surface area contributed by atoms with Crippen LogP contribution in [0.4, 0.5) is 23.7 Å². The maximum absolute atomic E-state index is 14.1. The monoisotopic (exact) mass is 378 g/mol. The van der Waals surface area contributed by atoms with Crippen LogP contribution in [0, 0.1) is 6.92 Å². The van der Waals surface area contributed by atoms with E-state index in [0.717, 1.165) is 5.56 Å². The molecule has 1 fully saturated rings. The Bertz CT molecular complexity index is 834. The number of anilines is 1. The number of hydrogen-bond acceptors (Lipinski definition) is 2. The molecule has 1 heterocycles. The van der Waals surface area contributed by atoms with Gasteiger partial charge in [0.15, 0.2) is 0 Å². The van der Waals surface area contributed by atoms with E-state index in [1.165, 1.54) is 23.1 Å². The molecule has 1 atom stereocenters. The molecule has 26 heavy (non-hydrogen) atoms. The van der Waals surface area contributed by atoms with Crippen molar-refractivity contribution in [2.75, 3.05) is 4.90 Å². The summed E-state index contributed by atoms with van der Waals surface area (Å²) in [6, 6.07) is 13.8. The van der Waals surface area contributed by atoms with E-state index in [1.807, 2.05) is 0 Å². The maximum Gasteiger partial charge on any atom is 0.425 e. The predicted molar refractivity (Wildman–Crippen MR) is 97.7 cm³/mol. The first-order valence-corrected chi connectivity index (χ1v) is 8.76. The number of aryl methyl sites for hydroxylation is 1. The highest BCUT2D eigenvalue weighted by molar-refractivity contribution is 8.04. The molecule has 2 aromatic carbocycles. The minimum Gasteiger partial charge on any atom is -0.311 e. The molecule has 3 rings (SSSR count). The minimum atomic E-state index is -4.68. The van der Waals surface area contributed by atoms with Crippen molar-refractivity contribution in [3.05, 3.63) is 76.8 Å². The summed E-state index contributed by atoms with van der Waals surface area (Å²) in [6.45, 7) is 3.41. The quantitative estimate of drug-likeness (QED) is 0.745. The summed E-state index contributed by atoms with van der Waals surface area (Å²) < 4.78 is 42.3. The van der Waals surface area contributed by atoms with Gasteiger partial charge in [-0.2, -0.15) is 13.2 Å². The number of benzene rings is 2. The van der Waals surface area contributed by atoms with E-state index in [1.54, 1.807) is 56.3 Å². The molecule has 1 unspecified atom stereocenters. The van der Waals surface area contributed by atoms with Gasteiger partial charge in [-0.05, 0) is 31.5 Å². The smallest absolute Gasteiger partial charge is 0.311 e. The Morgan fingerprint density at radius 3 is 2.23 bits per heavy atom. The predicted octanol–water partition coefficient (Wildman–Crippen LogP) is 5.53. The number of hydrogen-bond donors (Lipinski definition) is 1. The Morgan fingerprint density at radius 2 is 1.69 bits per heavy atom. The van der Waals surface area contributed by atoms with E-state index in [4.69, 9.17) is 0 Å². The molecule has 1 saturated heterocycles. The van der Waals surface area contributed by atoms with Crippen LogP contribution in [0.15, 0.2) is 65.7 Å². The van der Waals surface area contributed by atoms with Crippen LogP contribution in [0.5, 0.6) is 0 Å². The van der Waals surface area contributed by atoms with Gasteiger partial charge in [0.1, 0.15) is 0 Å². The van der Waals surface area contributed by atoms with Gasteiger partial charge in [-0.25, -0.2) is 4.79 Å². The van der Waals surface area contributed by atoms with E-state index < -0.39 is 17.1 Å². The molecule has 0 radical (unpaired) electrons. The molecule has 1 aliphatic heterocycles. The summed E-state index contributed by atoms with van der Waals surface area (Å²) in [4.78, 5) is 11.4. The summed E-state index contributed by atoms with van der Waals surface area (Å²) in [5.74, 6) is 0. The molecule has 2 aromatic rings. The third-order valence-electron chi connectivity index (χ3n) is 4.08. The number of para-hydroxylation sites is 1. The number of thioether (sulfide) groups is 1. The minimum absolute atomic E-state index is 0.0130. The molecular formula is C19H17F3N2OS. The standard InChI is InChI=1S/C19H17F3N2OS/c1-3-16-24(15-7-5-4-6-8-15)17(25)23-18(26-16,19(20,21)22)14-11-9-13(2)10-12-14/h3-12H,1-2H3,(H,23,25)/b16-3-. The van der Waals surface area contributed by atoms with Crippen LogP contribution in [-0.4, -0.2) is 12.2 Å². The number of halogens is 3. The normalized spacial score (nSPS) is 22.4. The number of nitrogens with zero attached hydrogens (tertiary/aromatic N) is 1. The molecule has 0 saturated carbocycles. The van der Waals surface area contributed by atoms with Gasteiger partial charge in [0.25, 0.3) is 0 Å². The first kappa shape index (κ1) is 18.4. The lowest BCUT2D eigenvalue weighted by molar-refractivity contribution is -0.167. The van der Waals surface area contributed by atoms with Crippen molar-refractivity contribution in [1.82, 2.24) is 5.32 Å². The summed E-state index contributed by atoms with van der Waals surface area (Å²) in [5.41, 5.74) is 1.33. The Labute approximate surface area is 153 Å². The molecule has 0 aromatic heterocycles. The third-order valence-corrected chi connectivity index (χ3v) is 5.59. The van der Waals surface area contributed by atoms with Crippen LogP contribution in [-0.2, 0) is 4.87 Å². The number of urea groups is 1. The van der Waals surface area contributed by atoms with Gasteiger partial charge in [-0.1, -0.05) is 65.9 Å². The molecule has 136 valence electrons. The molecule has 0 spiro atoms. The zero-order valence-corrected chi connectivity index (χ0v) is 15.0. The lowest BCUT2D eigenvalue weighted by Crippen LogP contribution is -2.60. The summed E-state index contributed by atoms with van der Waals surface area (Å²) in [6.07, 6.45) is -3.16. The largest absolute Gasteiger partial charge is 0.425 e. The van der Waals surface area contributed by atoms with Crippen LogP contribution in [0.25, 0.3) is 0 Å². The summed E-state index contributed by atoms with van der Waals surface area (Å²) in [5, 5.41) is 2.42. The van der Waals surface area contributed by atoms with Crippen molar-refractivity contribution in [2.24, 2.45) is 0 Å². The number of alkyl halides is 3. The zero-order chi connectivity index (χ0) is 18.9. The van der Waals surface area contributed by atoms with Gasteiger partial charge >= 0.3 is 12.2 Å². The molecule has 0 aliphatic carbocycles. The number of allylic oxidation sites excluding steroid dienone is 1. The van der Waals surface area contributed by atoms with E-state index in [0.29, 0.717) is 17.4 Å². The second kappa shape index (κ2) is 6.72. The fraction of sp³-hybridized carbons (Fsp3) is 0.211. The first-order chi connectivity index (χ1) is 12.3. The van der Waals surface area contributed by atoms with Crippen LogP contribution in [0.3, 0.4) is 0 Å². The second-order valence-electron chi connectivity index (χ2n) is 5.88. The SMILES string of the molecule is C/C=C1\SC(c2ccc(C)cc2)(C(F)(F)F)NC(=O)N1c1ccccc1. The first-order valence-electron chi connectivity index (χ1n) is 7.95. The van der Waals surface area contributed by atoms with Crippen molar-refractivity contribution < 1.29 is 18.0 Å². The number of carbonyl (C=O) groups excluding carboxylic acids is 1. The van der Waals surface area contributed by atoms with Crippen molar-refractivity contribution in [3.8, 4) is 0 Å². The van der Waals surface area contributed by atoms with Crippen molar-refractivity contribution in [3.63, 3.8) is 0 Å². The highest BCUT2D eigenvalue weighted by atomic mass is 32.2. The van der Waals surface area contributed by atoms with E-state index in [-0.39, 0.29) is 10.6 Å². The van der Waals surface area contributed by atoms with Crippen LogP contribution in [0.2, 0.25) is 0 Å². The van der Waals surface area contributed by atoms with E-state index >= 15 is 0 Å².